The molecule has 0 aliphatic rings. The molecule has 0 fully saturated rings. The fourth-order valence-corrected chi connectivity index (χ4v) is 2.20. The van der Waals surface area contributed by atoms with Gasteiger partial charge in [-0.2, -0.15) is 8.78 Å². The molecule has 0 heterocycles. The van der Waals surface area contributed by atoms with Gasteiger partial charge in [-0.3, -0.25) is 0 Å². The lowest BCUT2D eigenvalue weighted by Crippen LogP contribution is -2.06. The van der Waals surface area contributed by atoms with Gasteiger partial charge in [0.05, 0.1) is 10.7 Å². The second kappa shape index (κ2) is 6.90. The summed E-state index contributed by atoms with van der Waals surface area (Å²) in [5.74, 6) is 0.121. The van der Waals surface area contributed by atoms with Gasteiger partial charge < -0.3 is 10.1 Å². The molecule has 0 aliphatic heterocycles. The van der Waals surface area contributed by atoms with Crippen molar-refractivity contribution < 1.29 is 13.5 Å². The predicted molar refractivity (Wildman–Crippen MR) is 79.6 cm³/mol. The molecule has 0 atom stereocenters. The van der Waals surface area contributed by atoms with Crippen molar-refractivity contribution in [2.75, 3.05) is 5.32 Å². The lowest BCUT2D eigenvalue weighted by molar-refractivity contribution is -0.0493. The number of rotatable bonds is 5. The molecule has 0 aromatic heterocycles. The van der Waals surface area contributed by atoms with Crippen LogP contribution in [0.3, 0.4) is 0 Å². The van der Waals surface area contributed by atoms with E-state index in [0.29, 0.717) is 17.3 Å². The van der Waals surface area contributed by atoms with E-state index in [2.05, 4.69) is 26.0 Å². The molecule has 2 aromatic carbocycles. The van der Waals surface area contributed by atoms with Crippen molar-refractivity contribution >= 4 is 33.2 Å². The predicted octanol–water partition coefficient (Wildman–Crippen LogP) is 5.32. The Balaban J connectivity index is 2.08. The van der Waals surface area contributed by atoms with Crippen LogP contribution in [-0.2, 0) is 6.54 Å². The molecule has 6 heteroatoms. The molecule has 0 bridgehead atoms. The number of hydrogen-bond donors (Lipinski definition) is 1. The van der Waals surface area contributed by atoms with Crippen LogP contribution in [0.1, 0.15) is 5.56 Å². The number of para-hydroxylation sites is 2. The second-order valence-electron chi connectivity index (χ2n) is 3.98. The number of nitrogens with one attached hydrogen (secondary N) is 1. The van der Waals surface area contributed by atoms with Crippen molar-refractivity contribution in [3.63, 3.8) is 0 Å². The van der Waals surface area contributed by atoms with Crippen LogP contribution in [0.4, 0.5) is 14.5 Å². The van der Waals surface area contributed by atoms with Gasteiger partial charge in [0, 0.05) is 11.0 Å². The Kier molecular flexibility index (Phi) is 5.20. The van der Waals surface area contributed by atoms with E-state index in [4.69, 9.17) is 11.6 Å². The highest BCUT2D eigenvalue weighted by molar-refractivity contribution is 9.10. The average molecular weight is 363 g/mol. The number of halogens is 4. The number of ether oxygens (including phenoxy) is 1. The van der Waals surface area contributed by atoms with Crippen molar-refractivity contribution in [1.29, 1.82) is 0 Å². The van der Waals surface area contributed by atoms with E-state index in [1.807, 2.05) is 12.1 Å². The lowest BCUT2D eigenvalue weighted by Gasteiger charge is -2.12. The summed E-state index contributed by atoms with van der Waals surface area (Å²) in [5, 5.41) is 3.68. The lowest BCUT2D eigenvalue weighted by atomic mass is 10.2. The maximum absolute atomic E-state index is 12.3. The first-order valence-corrected chi connectivity index (χ1v) is 6.95. The molecule has 0 spiro atoms. The van der Waals surface area contributed by atoms with Gasteiger partial charge >= 0.3 is 6.61 Å². The van der Waals surface area contributed by atoms with E-state index in [1.54, 1.807) is 24.3 Å². The quantitative estimate of drug-likeness (QED) is 0.777. The highest BCUT2D eigenvalue weighted by atomic mass is 79.9. The van der Waals surface area contributed by atoms with Crippen molar-refractivity contribution in [2.24, 2.45) is 0 Å². The highest BCUT2D eigenvalue weighted by Crippen LogP contribution is 2.27. The van der Waals surface area contributed by atoms with Crippen LogP contribution in [0.15, 0.2) is 46.9 Å². The number of benzene rings is 2. The zero-order valence-electron chi connectivity index (χ0n) is 10.2. The highest BCUT2D eigenvalue weighted by Gasteiger charge is 2.08. The minimum atomic E-state index is -2.84. The smallest absolute Gasteiger partial charge is 0.387 e. The standard InChI is InChI=1S/C14H11BrClF2NO/c15-10-7-9(5-6-11(10)16)8-19-12-3-1-2-4-13(12)20-14(17)18/h1-7,14,19H,8H2. The molecule has 2 rings (SSSR count). The zero-order valence-corrected chi connectivity index (χ0v) is 12.6. The number of alkyl halides is 2. The molecule has 2 aromatic rings. The van der Waals surface area contributed by atoms with Gasteiger partial charge in [0.15, 0.2) is 0 Å². The molecule has 0 aliphatic carbocycles. The van der Waals surface area contributed by atoms with E-state index < -0.39 is 6.61 Å². The van der Waals surface area contributed by atoms with Gasteiger partial charge in [0.2, 0.25) is 0 Å². The first-order valence-electron chi connectivity index (χ1n) is 5.78. The van der Waals surface area contributed by atoms with Gasteiger partial charge in [-0.1, -0.05) is 29.8 Å². The van der Waals surface area contributed by atoms with Crippen LogP contribution in [0, 0.1) is 0 Å². The van der Waals surface area contributed by atoms with Gasteiger partial charge in [0.25, 0.3) is 0 Å². The fraction of sp³-hybridized carbons (Fsp3) is 0.143. The van der Waals surface area contributed by atoms with E-state index in [9.17, 15) is 8.78 Å². The Hall–Kier alpha value is -1.33. The van der Waals surface area contributed by atoms with E-state index in [0.717, 1.165) is 10.0 Å². The normalized spacial score (nSPS) is 10.7. The van der Waals surface area contributed by atoms with Crippen molar-refractivity contribution in [3.05, 3.63) is 57.5 Å². The third kappa shape index (κ3) is 4.08. The summed E-state index contributed by atoms with van der Waals surface area (Å²) in [5.41, 5.74) is 1.48. The van der Waals surface area contributed by atoms with Gasteiger partial charge in [-0.05, 0) is 45.8 Å². The summed E-state index contributed by atoms with van der Waals surface area (Å²) < 4.78 is 29.8. The van der Waals surface area contributed by atoms with Crippen LogP contribution in [-0.4, -0.2) is 6.61 Å². The maximum atomic E-state index is 12.3. The Morgan fingerprint density at radius 1 is 1.20 bits per heavy atom. The van der Waals surface area contributed by atoms with E-state index >= 15 is 0 Å². The Bertz CT molecular complexity index is 595. The third-order valence-corrected chi connectivity index (χ3v) is 3.78. The molecule has 20 heavy (non-hydrogen) atoms. The SMILES string of the molecule is FC(F)Oc1ccccc1NCc1ccc(Cl)c(Br)c1. The average Bonchev–Trinajstić information content (AvgIpc) is 2.41. The molecule has 106 valence electrons. The molecular weight excluding hydrogens is 352 g/mol. The molecule has 0 radical (unpaired) electrons. The molecule has 0 saturated heterocycles. The van der Waals surface area contributed by atoms with Crippen LogP contribution in [0.2, 0.25) is 5.02 Å². The van der Waals surface area contributed by atoms with Crippen molar-refractivity contribution in [1.82, 2.24) is 0 Å². The van der Waals surface area contributed by atoms with Crippen LogP contribution >= 0.6 is 27.5 Å². The molecule has 0 unspecified atom stereocenters. The molecule has 1 N–H and O–H groups in total. The van der Waals surface area contributed by atoms with Gasteiger partial charge in [0.1, 0.15) is 5.75 Å². The summed E-state index contributed by atoms with van der Waals surface area (Å²) in [6.07, 6.45) is 0. The second-order valence-corrected chi connectivity index (χ2v) is 5.24. The largest absolute Gasteiger partial charge is 0.433 e. The summed E-state index contributed by atoms with van der Waals surface area (Å²) >= 11 is 9.25. The fourth-order valence-electron chi connectivity index (χ4n) is 1.66. The third-order valence-electron chi connectivity index (χ3n) is 2.57. The topological polar surface area (TPSA) is 21.3 Å². The maximum Gasteiger partial charge on any atom is 0.387 e. The van der Waals surface area contributed by atoms with E-state index in [1.165, 1.54) is 6.07 Å². The van der Waals surface area contributed by atoms with E-state index in [-0.39, 0.29) is 5.75 Å². The molecule has 0 amide bonds. The summed E-state index contributed by atoms with van der Waals surface area (Å²) in [4.78, 5) is 0. The summed E-state index contributed by atoms with van der Waals surface area (Å²) in [6.45, 7) is -2.37. The first-order chi connectivity index (χ1) is 9.56. The molecular formula is C14H11BrClF2NO. The van der Waals surface area contributed by atoms with Crippen molar-refractivity contribution in [2.45, 2.75) is 13.2 Å². The number of anilines is 1. The van der Waals surface area contributed by atoms with Gasteiger partial charge in [-0.25, -0.2) is 0 Å². The molecule has 0 saturated carbocycles. The first kappa shape index (κ1) is 15.1. The zero-order chi connectivity index (χ0) is 14.5. The Labute approximate surface area is 128 Å². The van der Waals surface area contributed by atoms with Crippen LogP contribution in [0.5, 0.6) is 5.75 Å². The summed E-state index contributed by atoms with van der Waals surface area (Å²) in [6, 6.07) is 12.1. The van der Waals surface area contributed by atoms with Crippen molar-refractivity contribution in [3.8, 4) is 5.75 Å². The number of hydrogen-bond acceptors (Lipinski definition) is 2. The minimum Gasteiger partial charge on any atom is -0.433 e. The Morgan fingerprint density at radius 3 is 2.65 bits per heavy atom. The Morgan fingerprint density at radius 2 is 1.95 bits per heavy atom. The van der Waals surface area contributed by atoms with Crippen LogP contribution in [0.25, 0.3) is 0 Å². The van der Waals surface area contributed by atoms with Crippen LogP contribution < -0.4 is 10.1 Å². The monoisotopic (exact) mass is 361 g/mol. The minimum absolute atomic E-state index is 0.121. The molecule has 2 nitrogen and oxygen atoms in total. The summed E-state index contributed by atoms with van der Waals surface area (Å²) in [7, 11) is 0. The van der Waals surface area contributed by atoms with Gasteiger partial charge in [-0.15, -0.1) is 0 Å².